The maximum atomic E-state index is 10.5. The van der Waals surface area contributed by atoms with Crippen LogP contribution in [0.4, 0.5) is 0 Å². The smallest absolute Gasteiger partial charge is 0.0804 e. The minimum absolute atomic E-state index is 0.254. The molecule has 0 bridgehead atoms. The van der Waals surface area contributed by atoms with Gasteiger partial charge in [0.2, 0.25) is 0 Å². The molecule has 0 aliphatic heterocycles. The fourth-order valence-electron chi connectivity index (χ4n) is 9.30. The summed E-state index contributed by atoms with van der Waals surface area (Å²) < 4.78 is 0. The van der Waals surface area contributed by atoms with E-state index in [1.54, 1.807) is 0 Å². The Morgan fingerprint density at radius 1 is 0.828 bits per heavy atom. The van der Waals surface area contributed by atoms with Crippen molar-refractivity contribution in [2.75, 3.05) is 0 Å². The fraction of sp³-hybridized carbons (Fsp3) is 1.00. The summed E-state index contributed by atoms with van der Waals surface area (Å²) in [5.41, 5.74) is 0.804. The minimum Gasteiger partial charge on any atom is -0.390 e. The first-order valence-electron chi connectivity index (χ1n) is 13.0. The average molecular weight is 405 g/mol. The molecule has 10 atom stereocenters. The predicted octanol–water partition coefficient (Wildman–Crippen LogP) is 6.44. The lowest BCUT2D eigenvalue weighted by Crippen LogP contribution is -2.56. The standard InChI is InChI=1S/C27H48O2/c1-17(2)7-6-8-18(3)21-11-12-22-20-10-9-19-15-24(28)25(29)16-27(19,5)23(20)13-14-26(21,22)4/h17-25,28-29H,6-16H2,1-5H3/t18-,19+,20+,21+,22-,23+,24+,25-,26+,27+/m1/s1. The van der Waals surface area contributed by atoms with Crippen LogP contribution in [0, 0.1) is 52.3 Å². The topological polar surface area (TPSA) is 40.5 Å². The number of hydrogen-bond donors (Lipinski definition) is 2. The van der Waals surface area contributed by atoms with E-state index < -0.39 is 12.2 Å². The molecule has 0 aromatic carbocycles. The first kappa shape index (κ1) is 22.1. The molecule has 4 saturated carbocycles. The van der Waals surface area contributed by atoms with E-state index in [1.165, 1.54) is 57.8 Å². The third kappa shape index (κ3) is 3.73. The van der Waals surface area contributed by atoms with Gasteiger partial charge in [-0.2, -0.15) is 0 Å². The highest BCUT2D eigenvalue weighted by Crippen LogP contribution is 2.68. The molecule has 0 radical (unpaired) electrons. The Morgan fingerprint density at radius 3 is 2.28 bits per heavy atom. The molecule has 2 nitrogen and oxygen atoms in total. The Balaban J connectivity index is 1.47. The van der Waals surface area contributed by atoms with Crippen LogP contribution in [0.5, 0.6) is 0 Å². The zero-order chi connectivity index (χ0) is 21.0. The van der Waals surface area contributed by atoms with Crippen LogP contribution in [-0.4, -0.2) is 22.4 Å². The van der Waals surface area contributed by atoms with Crippen molar-refractivity contribution in [2.24, 2.45) is 52.3 Å². The lowest BCUT2D eigenvalue weighted by atomic mass is 9.44. The van der Waals surface area contributed by atoms with Crippen molar-refractivity contribution in [2.45, 2.75) is 117 Å². The van der Waals surface area contributed by atoms with E-state index in [4.69, 9.17) is 0 Å². The van der Waals surface area contributed by atoms with Crippen LogP contribution in [0.25, 0.3) is 0 Å². The van der Waals surface area contributed by atoms with Gasteiger partial charge in [-0.1, -0.05) is 53.9 Å². The van der Waals surface area contributed by atoms with Crippen molar-refractivity contribution in [1.29, 1.82) is 0 Å². The van der Waals surface area contributed by atoms with Gasteiger partial charge in [0, 0.05) is 0 Å². The maximum Gasteiger partial charge on any atom is 0.0804 e. The van der Waals surface area contributed by atoms with Crippen LogP contribution in [0.1, 0.15) is 105 Å². The summed E-state index contributed by atoms with van der Waals surface area (Å²) >= 11 is 0. The summed E-state index contributed by atoms with van der Waals surface area (Å²) in [5.74, 6) is 5.80. The molecular weight excluding hydrogens is 356 g/mol. The SMILES string of the molecule is CC(C)CCC[C@@H](C)[C@@H]1CC[C@@H]2[C@@H]3CC[C@H]4C[C@H](O)[C@H](O)C[C@]4(C)[C@H]3CC[C@]21C. The molecular formula is C27H48O2. The Kier molecular flexibility index (Phi) is 6.19. The van der Waals surface area contributed by atoms with Gasteiger partial charge in [0.05, 0.1) is 12.2 Å². The van der Waals surface area contributed by atoms with Crippen LogP contribution in [-0.2, 0) is 0 Å². The van der Waals surface area contributed by atoms with Gasteiger partial charge in [-0.25, -0.2) is 0 Å². The van der Waals surface area contributed by atoms with E-state index in [0.29, 0.717) is 11.3 Å². The molecule has 2 heteroatoms. The highest BCUT2D eigenvalue weighted by molar-refractivity contribution is 5.10. The summed E-state index contributed by atoms with van der Waals surface area (Å²) in [6.45, 7) is 12.4. The molecule has 4 aliphatic rings. The van der Waals surface area contributed by atoms with E-state index in [2.05, 4.69) is 34.6 Å². The summed E-state index contributed by atoms with van der Waals surface area (Å²) in [5, 5.41) is 20.8. The lowest BCUT2D eigenvalue weighted by molar-refractivity contribution is -0.160. The first-order chi connectivity index (χ1) is 13.7. The molecule has 0 unspecified atom stereocenters. The Morgan fingerprint density at radius 2 is 1.55 bits per heavy atom. The van der Waals surface area contributed by atoms with Gasteiger partial charge in [-0.3, -0.25) is 0 Å². The van der Waals surface area contributed by atoms with Gasteiger partial charge in [-0.15, -0.1) is 0 Å². The van der Waals surface area contributed by atoms with Crippen LogP contribution < -0.4 is 0 Å². The molecule has 0 saturated heterocycles. The number of hydrogen-bond acceptors (Lipinski definition) is 2. The van der Waals surface area contributed by atoms with Crippen molar-refractivity contribution in [1.82, 2.24) is 0 Å². The van der Waals surface area contributed by atoms with Gasteiger partial charge in [-0.05, 0) is 104 Å². The molecule has 168 valence electrons. The van der Waals surface area contributed by atoms with Crippen molar-refractivity contribution in [3.63, 3.8) is 0 Å². The number of aliphatic hydroxyl groups excluding tert-OH is 2. The second-order valence-electron chi connectivity index (χ2n) is 12.8. The van der Waals surface area contributed by atoms with E-state index >= 15 is 0 Å². The fourth-order valence-corrected chi connectivity index (χ4v) is 9.30. The Labute approximate surface area is 180 Å². The van der Waals surface area contributed by atoms with Crippen molar-refractivity contribution in [3.05, 3.63) is 0 Å². The number of fused-ring (bicyclic) bond motifs is 5. The third-order valence-electron chi connectivity index (χ3n) is 10.9. The van der Waals surface area contributed by atoms with Gasteiger partial charge in [0.1, 0.15) is 0 Å². The monoisotopic (exact) mass is 404 g/mol. The van der Waals surface area contributed by atoms with Crippen molar-refractivity contribution >= 4 is 0 Å². The van der Waals surface area contributed by atoms with Gasteiger partial charge >= 0.3 is 0 Å². The zero-order valence-electron chi connectivity index (χ0n) is 19.9. The Hall–Kier alpha value is -0.0800. The molecule has 4 fully saturated rings. The van der Waals surface area contributed by atoms with E-state index in [0.717, 1.165) is 48.3 Å². The molecule has 0 aromatic rings. The molecule has 0 aromatic heterocycles. The molecule has 0 heterocycles. The van der Waals surface area contributed by atoms with E-state index in [-0.39, 0.29) is 5.41 Å². The maximum absolute atomic E-state index is 10.5. The molecule has 0 amide bonds. The number of aliphatic hydroxyl groups is 2. The third-order valence-corrected chi connectivity index (χ3v) is 10.9. The summed E-state index contributed by atoms with van der Waals surface area (Å²) in [7, 11) is 0. The summed E-state index contributed by atoms with van der Waals surface area (Å²) in [6.07, 6.45) is 13.2. The highest BCUT2D eigenvalue weighted by Gasteiger charge is 2.61. The molecule has 2 N–H and O–H groups in total. The van der Waals surface area contributed by atoms with Gasteiger partial charge in [0.25, 0.3) is 0 Å². The molecule has 0 spiro atoms. The molecule has 4 aliphatic carbocycles. The summed E-state index contributed by atoms with van der Waals surface area (Å²) in [6, 6.07) is 0. The average Bonchev–Trinajstić information content (AvgIpc) is 3.00. The summed E-state index contributed by atoms with van der Waals surface area (Å²) in [4.78, 5) is 0. The zero-order valence-corrected chi connectivity index (χ0v) is 19.9. The quantitative estimate of drug-likeness (QED) is 0.553. The van der Waals surface area contributed by atoms with Gasteiger partial charge < -0.3 is 10.2 Å². The lowest BCUT2D eigenvalue weighted by Gasteiger charge is -2.61. The normalized spacial score (nSPS) is 50.7. The molecule has 29 heavy (non-hydrogen) atoms. The van der Waals surface area contributed by atoms with Crippen molar-refractivity contribution < 1.29 is 10.2 Å². The molecule has 4 rings (SSSR count). The first-order valence-corrected chi connectivity index (χ1v) is 13.0. The van der Waals surface area contributed by atoms with Crippen LogP contribution in [0.15, 0.2) is 0 Å². The van der Waals surface area contributed by atoms with Crippen molar-refractivity contribution in [3.8, 4) is 0 Å². The van der Waals surface area contributed by atoms with E-state index in [1.807, 2.05) is 0 Å². The van der Waals surface area contributed by atoms with Gasteiger partial charge in [0.15, 0.2) is 0 Å². The van der Waals surface area contributed by atoms with Crippen LogP contribution >= 0.6 is 0 Å². The second kappa shape index (κ2) is 8.12. The largest absolute Gasteiger partial charge is 0.390 e. The highest BCUT2D eigenvalue weighted by atomic mass is 16.3. The van der Waals surface area contributed by atoms with Crippen LogP contribution in [0.3, 0.4) is 0 Å². The van der Waals surface area contributed by atoms with Crippen LogP contribution in [0.2, 0.25) is 0 Å². The predicted molar refractivity (Wildman–Crippen MR) is 120 cm³/mol. The minimum atomic E-state index is -0.499. The second-order valence-corrected chi connectivity index (χ2v) is 12.8. The van der Waals surface area contributed by atoms with E-state index in [9.17, 15) is 10.2 Å². The Bertz CT molecular complexity index is 573. The number of rotatable bonds is 5.